The van der Waals surface area contributed by atoms with E-state index in [0.717, 1.165) is 10.8 Å². The summed E-state index contributed by atoms with van der Waals surface area (Å²) in [7, 11) is 1.27. The molecule has 0 aromatic heterocycles. The lowest BCUT2D eigenvalue weighted by Crippen LogP contribution is -2.37. The normalized spacial score (nSPS) is 9.53. The Morgan fingerprint density at radius 3 is 2.47 bits per heavy atom. The summed E-state index contributed by atoms with van der Waals surface area (Å²) >= 11 is 0. The third-order valence-corrected chi connectivity index (χ3v) is 1.80. The summed E-state index contributed by atoms with van der Waals surface area (Å²) in [5, 5.41) is 0.926. The predicted molar refractivity (Wildman–Crippen MR) is 56.7 cm³/mol. The lowest BCUT2D eigenvalue weighted by molar-refractivity contribution is 0.178. The maximum absolute atomic E-state index is 11.1. The molecular weight excluding hydrogens is 196 g/mol. The summed E-state index contributed by atoms with van der Waals surface area (Å²) in [5.41, 5.74) is 0.547. The first-order valence-electron chi connectivity index (χ1n) is 4.54. The molecule has 2 N–H and O–H groups in total. The Labute approximate surface area is 88.3 Å². The average Bonchev–Trinajstić information content (AvgIpc) is 2.28. The van der Waals surface area contributed by atoms with E-state index >= 15 is 0 Å². The van der Waals surface area contributed by atoms with E-state index in [1.54, 1.807) is 24.3 Å². The molecule has 0 heterocycles. The third-order valence-electron chi connectivity index (χ3n) is 1.80. The van der Waals surface area contributed by atoms with E-state index in [9.17, 15) is 4.79 Å². The molecule has 0 unspecified atom stereocenters. The van der Waals surface area contributed by atoms with Gasteiger partial charge in [0.25, 0.3) is 0 Å². The number of carbonyl (C=O) groups is 1. The fourth-order valence-electron chi connectivity index (χ4n) is 1.07. The van der Waals surface area contributed by atoms with Crippen LogP contribution in [0.3, 0.4) is 0 Å². The molecule has 5 nitrogen and oxygen atoms in total. The molecule has 1 aromatic carbocycles. The van der Waals surface area contributed by atoms with Gasteiger partial charge in [-0.3, -0.25) is 0 Å². The molecule has 0 fully saturated rings. The van der Waals surface area contributed by atoms with Crippen molar-refractivity contribution in [3.8, 4) is 5.75 Å². The van der Waals surface area contributed by atoms with Gasteiger partial charge in [-0.15, -0.1) is 0 Å². The van der Waals surface area contributed by atoms with E-state index in [2.05, 4.69) is 4.74 Å². The second-order valence-corrected chi connectivity index (χ2v) is 2.77. The number of amides is 1. The van der Waals surface area contributed by atoms with Gasteiger partial charge in [-0.25, -0.2) is 15.6 Å². The van der Waals surface area contributed by atoms with Crippen molar-refractivity contribution in [3.63, 3.8) is 0 Å². The molecule has 0 saturated carbocycles. The Bertz CT molecular complexity index is 324. The van der Waals surface area contributed by atoms with Crippen LogP contribution < -0.4 is 15.6 Å². The maximum Gasteiger partial charge on any atom is 0.428 e. The van der Waals surface area contributed by atoms with Gasteiger partial charge in [0.05, 0.1) is 19.4 Å². The van der Waals surface area contributed by atoms with E-state index in [4.69, 9.17) is 10.6 Å². The minimum Gasteiger partial charge on any atom is -0.494 e. The number of rotatable bonds is 3. The standard InChI is InChI=1S/C10H14N2O3/c1-3-15-9-6-4-8(5-7-9)12(11)10(13)14-2/h4-7H,3,11H2,1-2H3. The Balaban J connectivity index is 2.75. The molecule has 1 rings (SSSR count). The van der Waals surface area contributed by atoms with Gasteiger partial charge in [0.15, 0.2) is 0 Å². The van der Waals surface area contributed by atoms with Gasteiger partial charge in [0.1, 0.15) is 5.75 Å². The molecule has 0 aliphatic rings. The molecule has 0 aliphatic heterocycles. The highest BCUT2D eigenvalue weighted by atomic mass is 16.5. The van der Waals surface area contributed by atoms with Gasteiger partial charge < -0.3 is 9.47 Å². The summed E-state index contributed by atoms with van der Waals surface area (Å²) in [6.45, 7) is 2.50. The monoisotopic (exact) mass is 210 g/mol. The number of hydrogen-bond donors (Lipinski definition) is 1. The highest BCUT2D eigenvalue weighted by molar-refractivity contribution is 5.86. The number of carbonyl (C=O) groups excluding carboxylic acids is 1. The van der Waals surface area contributed by atoms with Crippen LogP contribution in [0.15, 0.2) is 24.3 Å². The Kier molecular flexibility index (Phi) is 3.93. The number of hydrogen-bond acceptors (Lipinski definition) is 4. The van der Waals surface area contributed by atoms with Crippen LogP contribution in [0.25, 0.3) is 0 Å². The first-order chi connectivity index (χ1) is 7.19. The van der Waals surface area contributed by atoms with Gasteiger partial charge in [-0.1, -0.05) is 0 Å². The number of anilines is 1. The largest absolute Gasteiger partial charge is 0.494 e. The van der Waals surface area contributed by atoms with Crippen molar-refractivity contribution >= 4 is 11.8 Å². The van der Waals surface area contributed by atoms with Crippen LogP contribution in [-0.2, 0) is 4.74 Å². The predicted octanol–water partition coefficient (Wildman–Crippen LogP) is 1.53. The van der Waals surface area contributed by atoms with Gasteiger partial charge in [0.2, 0.25) is 0 Å². The molecule has 1 aromatic rings. The number of ether oxygens (including phenoxy) is 2. The van der Waals surface area contributed by atoms with E-state index < -0.39 is 6.09 Å². The van der Waals surface area contributed by atoms with Crippen LogP contribution in [0.2, 0.25) is 0 Å². The van der Waals surface area contributed by atoms with Crippen molar-refractivity contribution < 1.29 is 14.3 Å². The van der Waals surface area contributed by atoms with Crippen molar-refractivity contribution in [2.45, 2.75) is 6.92 Å². The number of benzene rings is 1. The van der Waals surface area contributed by atoms with Gasteiger partial charge in [0, 0.05) is 0 Å². The smallest absolute Gasteiger partial charge is 0.428 e. The van der Waals surface area contributed by atoms with Gasteiger partial charge >= 0.3 is 6.09 Å². The Hall–Kier alpha value is -1.75. The zero-order chi connectivity index (χ0) is 11.3. The summed E-state index contributed by atoms with van der Waals surface area (Å²) < 4.78 is 9.73. The lowest BCUT2D eigenvalue weighted by Gasteiger charge is -2.15. The zero-order valence-corrected chi connectivity index (χ0v) is 8.77. The fraction of sp³-hybridized carbons (Fsp3) is 0.300. The highest BCUT2D eigenvalue weighted by Crippen LogP contribution is 2.17. The fourth-order valence-corrected chi connectivity index (χ4v) is 1.07. The van der Waals surface area contributed by atoms with Gasteiger partial charge in [-0.2, -0.15) is 0 Å². The Morgan fingerprint density at radius 1 is 1.40 bits per heavy atom. The summed E-state index contributed by atoms with van der Waals surface area (Å²) in [4.78, 5) is 11.1. The number of nitrogens with zero attached hydrogens (tertiary/aromatic N) is 1. The summed E-state index contributed by atoms with van der Waals surface area (Å²) in [6.07, 6.45) is -0.612. The van der Waals surface area contributed by atoms with Crippen molar-refractivity contribution in [3.05, 3.63) is 24.3 Å². The van der Waals surface area contributed by atoms with Crippen LogP contribution in [0, 0.1) is 0 Å². The summed E-state index contributed by atoms with van der Waals surface area (Å²) in [6, 6.07) is 6.84. The number of methoxy groups -OCH3 is 1. The average molecular weight is 210 g/mol. The molecule has 0 aliphatic carbocycles. The topological polar surface area (TPSA) is 64.8 Å². The lowest BCUT2D eigenvalue weighted by atomic mass is 10.3. The molecule has 0 atom stereocenters. The molecule has 0 radical (unpaired) electrons. The van der Waals surface area contributed by atoms with Crippen LogP contribution in [0.5, 0.6) is 5.75 Å². The molecule has 15 heavy (non-hydrogen) atoms. The third kappa shape index (κ3) is 2.85. The van der Waals surface area contributed by atoms with E-state index in [1.807, 2.05) is 6.92 Å². The number of nitrogens with two attached hydrogens (primary N) is 1. The molecule has 1 amide bonds. The summed E-state index contributed by atoms with van der Waals surface area (Å²) in [5.74, 6) is 6.23. The number of hydrazine groups is 1. The quantitative estimate of drug-likeness (QED) is 0.467. The molecular formula is C10H14N2O3. The minimum absolute atomic E-state index is 0.547. The minimum atomic E-state index is -0.612. The van der Waals surface area contributed by atoms with E-state index in [-0.39, 0.29) is 0 Å². The molecule has 0 spiro atoms. The van der Waals surface area contributed by atoms with Crippen LogP contribution >= 0.6 is 0 Å². The van der Waals surface area contributed by atoms with E-state index in [0.29, 0.717) is 12.3 Å². The van der Waals surface area contributed by atoms with Crippen molar-refractivity contribution in [2.75, 3.05) is 18.7 Å². The molecule has 82 valence electrons. The SMILES string of the molecule is CCOc1ccc(N(N)C(=O)OC)cc1. The maximum atomic E-state index is 11.1. The Morgan fingerprint density at radius 2 is 2.00 bits per heavy atom. The second-order valence-electron chi connectivity index (χ2n) is 2.77. The van der Waals surface area contributed by atoms with E-state index in [1.165, 1.54) is 7.11 Å². The molecule has 0 saturated heterocycles. The van der Waals surface area contributed by atoms with Crippen LogP contribution in [0.4, 0.5) is 10.5 Å². The van der Waals surface area contributed by atoms with Crippen molar-refractivity contribution in [1.82, 2.24) is 0 Å². The second kappa shape index (κ2) is 5.21. The van der Waals surface area contributed by atoms with Gasteiger partial charge in [-0.05, 0) is 31.2 Å². The van der Waals surface area contributed by atoms with Crippen molar-refractivity contribution in [1.29, 1.82) is 0 Å². The molecule has 0 bridgehead atoms. The van der Waals surface area contributed by atoms with Crippen LogP contribution in [-0.4, -0.2) is 19.8 Å². The van der Waals surface area contributed by atoms with Crippen molar-refractivity contribution in [2.24, 2.45) is 5.84 Å². The first-order valence-corrected chi connectivity index (χ1v) is 4.54. The zero-order valence-electron chi connectivity index (χ0n) is 8.77. The highest BCUT2D eigenvalue weighted by Gasteiger charge is 2.10. The van der Waals surface area contributed by atoms with Crippen LogP contribution in [0.1, 0.15) is 6.92 Å². The molecule has 5 heteroatoms. The first kappa shape index (κ1) is 11.3.